The van der Waals surface area contributed by atoms with Gasteiger partial charge in [-0.1, -0.05) is 13.8 Å². The van der Waals surface area contributed by atoms with Crippen LogP contribution >= 0.6 is 15.9 Å². The molecule has 5 heteroatoms. The van der Waals surface area contributed by atoms with Crippen molar-refractivity contribution < 1.29 is 5.11 Å². The van der Waals surface area contributed by atoms with Gasteiger partial charge in [0.25, 0.3) is 0 Å². The SMILES string of the molecule is CC(C)C(C)(O)CNc1cc(Br)ncn1. The van der Waals surface area contributed by atoms with Crippen LogP contribution in [0.2, 0.25) is 0 Å². The van der Waals surface area contributed by atoms with Gasteiger partial charge in [-0.2, -0.15) is 0 Å². The summed E-state index contributed by atoms with van der Waals surface area (Å²) in [7, 11) is 0. The third kappa shape index (κ3) is 3.76. The Morgan fingerprint density at radius 1 is 1.53 bits per heavy atom. The quantitative estimate of drug-likeness (QED) is 0.825. The van der Waals surface area contributed by atoms with Crippen LogP contribution in [-0.4, -0.2) is 27.2 Å². The van der Waals surface area contributed by atoms with E-state index in [4.69, 9.17) is 0 Å². The van der Waals surface area contributed by atoms with E-state index in [9.17, 15) is 5.11 Å². The molecule has 1 heterocycles. The highest BCUT2D eigenvalue weighted by Gasteiger charge is 2.24. The summed E-state index contributed by atoms with van der Waals surface area (Å²) in [5, 5.41) is 13.1. The summed E-state index contributed by atoms with van der Waals surface area (Å²) in [5.41, 5.74) is -0.739. The standard InChI is InChI=1S/C10H16BrN3O/c1-7(2)10(3,15)5-12-9-4-8(11)13-6-14-9/h4,6-7,15H,5H2,1-3H3,(H,12,13,14). The molecule has 0 aliphatic heterocycles. The monoisotopic (exact) mass is 273 g/mol. The zero-order chi connectivity index (χ0) is 11.5. The maximum Gasteiger partial charge on any atom is 0.130 e. The fourth-order valence-corrected chi connectivity index (χ4v) is 1.21. The summed E-state index contributed by atoms with van der Waals surface area (Å²) in [6.07, 6.45) is 1.47. The number of hydrogen-bond donors (Lipinski definition) is 2. The predicted molar refractivity (Wildman–Crippen MR) is 63.7 cm³/mol. The van der Waals surface area contributed by atoms with Crippen molar-refractivity contribution in [3.63, 3.8) is 0 Å². The Kier molecular flexibility index (Phi) is 4.04. The lowest BCUT2D eigenvalue weighted by Crippen LogP contribution is -2.38. The third-order valence-electron chi connectivity index (χ3n) is 2.50. The van der Waals surface area contributed by atoms with Crippen LogP contribution in [0.15, 0.2) is 17.0 Å². The highest BCUT2D eigenvalue weighted by molar-refractivity contribution is 9.10. The van der Waals surface area contributed by atoms with Gasteiger partial charge in [-0.25, -0.2) is 9.97 Å². The van der Waals surface area contributed by atoms with E-state index < -0.39 is 5.60 Å². The summed E-state index contributed by atoms with van der Waals surface area (Å²) >= 11 is 3.26. The summed E-state index contributed by atoms with van der Waals surface area (Å²) in [6.45, 7) is 6.24. The largest absolute Gasteiger partial charge is 0.388 e. The van der Waals surface area contributed by atoms with Gasteiger partial charge in [0.2, 0.25) is 0 Å². The van der Waals surface area contributed by atoms with E-state index in [-0.39, 0.29) is 5.92 Å². The van der Waals surface area contributed by atoms with Crippen LogP contribution in [0.25, 0.3) is 0 Å². The number of nitrogens with zero attached hydrogens (tertiary/aromatic N) is 2. The minimum Gasteiger partial charge on any atom is -0.388 e. The van der Waals surface area contributed by atoms with Crippen LogP contribution in [0.1, 0.15) is 20.8 Å². The second-order valence-electron chi connectivity index (χ2n) is 4.09. The Balaban J connectivity index is 2.57. The Labute approximate surface area is 98.3 Å². The minimum absolute atomic E-state index is 0.190. The first-order chi connectivity index (χ1) is 6.92. The van der Waals surface area contributed by atoms with Gasteiger partial charge >= 0.3 is 0 Å². The first-order valence-corrected chi connectivity index (χ1v) is 5.65. The lowest BCUT2D eigenvalue weighted by Gasteiger charge is -2.27. The van der Waals surface area contributed by atoms with Crippen molar-refractivity contribution in [2.45, 2.75) is 26.4 Å². The molecule has 0 bridgehead atoms. The Bertz CT molecular complexity index is 328. The molecule has 1 aromatic heterocycles. The molecular formula is C10H16BrN3O. The normalized spacial score (nSPS) is 15.1. The first-order valence-electron chi connectivity index (χ1n) is 4.85. The lowest BCUT2D eigenvalue weighted by atomic mass is 9.93. The van der Waals surface area contributed by atoms with Gasteiger partial charge in [0.15, 0.2) is 0 Å². The highest BCUT2D eigenvalue weighted by atomic mass is 79.9. The van der Waals surface area contributed by atoms with E-state index in [1.165, 1.54) is 6.33 Å². The number of hydrogen-bond acceptors (Lipinski definition) is 4. The van der Waals surface area contributed by atoms with Gasteiger partial charge in [-0.05, 0) is 28.8 Å². The number of halogens is 1. The minimum atomic E-state index is -0.739. The molecular weight excluding hydrogens is 258 g/mol. The smallest absolute Gasteiger partial charge is 0.130 e. The van der Waals surface area contributed by atoms with Crippen molar-refractivity contribution in [2.75, 3.05) is 11.9 Å². The molecule has 1 aromatic rings. The Morgan fingerprint density at radius 3 is 2.73 bits per heavy atom. The van der Waals surface area contributed by atoms with E-state index in [1.54, 1.807) is 13.0 Å². The van der Waals surface area contributed by atoms with Gasteiger partial charge in [0, 0.05) is 12.6 Å². The van der Waals surface area contributed by atoms with Crippen molar-refractivity contribution in [3.8, 4) is 0 Å². The van der Waals surface area contributed by atoms with Crippen LogP contribution < -0.4 is 5.32 Å². The van der Waals surface area contributed by atoms with E-state index in [0.717, 1.165) is 4.60 Å². The molecule has 0 saturated carbocycles. The Morgan fingerprint density at radius 2 is 2.20 bits per heavy atom. The van der Waals surface area contributed by atoms with Crippen molar-refractivity contribution in [1.82, 2.24) is 9.97 Å². The number of rotatable bonds is 4. The summed E-state index contributed by atoms with van der Waals surface area (Å²) < 4.78 is 0.726. The molecule has 1 atom stereocenters. The molecule has 0 fully saturated rings. The van der Waals surface area contributed by atoms with E-state index in [1.807, 2.05) is 13.8 Å². The molecule has 4 nitrogen and oxygen atoms in total. The molecule has 0 aromatic carbocycles. The zero-order valence-electron chi connectivity index (χ0n) is 9.16. The maximum absolute atomic E-state index is 10.0. The fourth-order valence-electron chi connectivity index (χ4n) is 0.904. The summed E-state index contributed by atoms with van der Waals surface area (Å²) in [5.74, 6) is 0.896. The average molecular weight is 274 g/mol. The second-order valence-corrected chi connectivity index (χ2v) is 4.90. The van der Waals surface area contributed by atoms with E-state index >= 15 is 0 Å². The van der Waals surface area contributed by atoms with E-state index in [0.29, 0.717) is 12.4 Å². The van der Waals surface area contributed by atoms with Crippen LogP contribution in [0, 0.1) is 5.92 Å². The van der Waals surface area contributed by atoms with Crippen LogP contribution in [-0.2, 0) is 0 Å². The van der Waals surface area contributed by atoms with Gasteiger partial charge in [-0.3, -0.25) is 0 Å². The molecule has 0 aliphatic rings. The number of nitrogens with one attached hydrogen (secondary N) is 1. The second kappa shape index (κ2) is 4.90. The van der Waals surface area contributed by atoms with Crippen LogP contribution in [0.3, 0.4) is 0 Å². The van der Waals surface area contributed by atoms with Crippen LogP contribution in [0.5, 0.6) is 0 Å². The average Bonchev–Trinajstić information content (AvgIpc) is 2.15. The molecule has 2 N–H and O–H groups in total. The van der Waals surface area contributed by atoms with Crippen LogP contribution in [0.4, 0.5) is 5.82 Å². The molecule has 0 saturated heterocycles. The third-order valence-corrected chi connectivity index (χ3v) is 2.94. The predicted octanol–water partition coefficient (Wildman–Crippen LogP) is 2.06. The summed E-state index contributed by atoms with van der Waals surface area (Å²) in [4.78, 5) is 7.96. The molecule has 1 unspecified atom stereocenters. The topological polar surface area (TPSA) is 58.0 Å². The fraction of sp³-hybridized carbons (Fsp3) is 0.600. The van der Waals surface area contributed by atoms with Crippen molar-refractivity contribution in [3.05, 3.63) is 17.0 Å². The molecule has 0 spiro atoms. The molecule has 15 heavy (non-hydrogen) atoms. The van der Waals surface area contributed by atoms with Crippen molar-refractivity contribution in [2.24, 2.45) is 5.92 Å². The molecule has 84 valence electrons. The lowest BCUT2D eigenvalue weighted by molar-refractivity contribution is 0.0265. The molecule has 0 amide bonds. The van der Waals surface area contributed by atoms with Gasteiger partial charge in [-0.15, -0.1) is 0 Å². The number of aromatic nitrogens is 2. The van der Waals surface area contributed by atoms with Gasteiger partial charge in [0.05, 0.1) is 5.60 Å². The number of anilines is 1. The summed E-state index contributed by atoms with van der Waals surface area (Å²) in [6, 6.07) is 1.77. The maximum atomic E-state index is 10.0. The van der Waals surface area contributed by atoms with Crippen molar-refractivity contribution >= 4 is 21.7 Å². The first kappa shape index (κ1) is 12.4. The molecule has 0 aliphatic carbocycles. The Hall–Kier alpha value is -0.680. The highest BCUT2D eigenvalue weighted by Crippen LogP contribution is 2.17. The van der Waals surface area contributed by atoms with E-state index in [2.05, 4.69) is 31.2 Å². The molecule has 0 radical (unpaired) electrons. The van der Waals surface area contributed by atoms with Gasteiger partial charge < -0.3 is 10.4 Å². The van der Waals surface area contributed by atoms with Crippen molar-refractivity contribution in [1.29, 1.82) is 0 Å². The molecule has 1 rings (SSSR count). The van der Waals surface area contributed by atoms with Gasteiger partial charge in [0.1, 0.15) is 16.7 Å². The zero-order valence-corrected chi connectivity index (χ0v) is 10.7. The number of aliphatic hydroxyl groups is 1.